The number of aliphatic hydroxyl groups is 2. The zero-order valence-electron chi connectivity index (χ0n) is 17.2. The van der Waals surface area contributed by atoms with Crippen LogP contribution in [0.1, 0.15) is 6.23 Å². The van der Waals surface area contributed by atoms with Crippen molar-refractivity contribution >= 4 is 46.5 Å². The number of carbonyl (C=O) groups excluding carboxylic acids is 1. The number of rotatable bonds is 9. The number of phosphoric ester groups is 1. The van der Waals surface area contributed by atoms with Crippen molar-refractivity contribution in [1.82, 2.24) is 19.5 Å². The predicted octanol–water partition coefficient (Wildman–Crippen LogP) is -1.03. The molecular formula is C12H18N5O15P3. The monoisotopic (exact) mass is 565 g/mol. The maximum Gasteiger partial charge on any atom is 0.490 e. The second-order valence-electron chi connectivity index (χ2n) is 6.60. The second-order valence-corrected chi connectivity index (χ2v) is 11.0. The van der Waals surface area contributed by atoms with Crippen LogP contribution in [0.5, 0.6) is 0 Å². The molecule has 35 heavy (non-hydrogen) atoms. The van der Waals surface area contributed by atoms with Crippen molar-refractivity contribution in [2.24, 2.45) is 0 Å². The van der Waals surface area contributed by atoms with Crippen LogP contribution in [0.15, 0.2) is 12.7 Å². The van der Waals surface area contributed by atoms with Gasteiger partial charge in [0.1, 0.15) is 24.6 Å². The minimum absolute atomic E-state index is 0.0381. The number of fused-ring (bicyclic) bond motifs is 1. The van der Waals surface area contributed by atoms with E-state index in [0.29, 0.717) is 0 Å². The molecule has 0 bridgehead atoms. The number of hydrogen-bond donors (Lipinski definition) is 7. The van der Waals surface area contributed by atoms with Crippen LogP contribution in [0.3, 0.4) is 0 Å². The summed E-state index contributed by atoms with van der Waals surface area (Å²) in [4.78, 5) is 59.0. The number of anilines is 1. The van der Waals surface area contributed by atoms with Gasteiger partial charge in [-0.3, -0.25) is 14.4 Å². The molecule has 1 aliphatic rings. The minimum Gasteiger partial charge on any atom is -0.453 e. The number of amides is 1. The molecule has 196 valence electrons. The highest BCUT2D eigenvalue weighted by atomic mass is 31.3. The maximum absolute atomic E-state index is 11.9. The van der Waals surface area contributed by atoms with Crippen molar-refractivity contribution in [3.8, 4) is 0 Å². The molecule has 3 heterocycles. The van der Waals surface area contributed by atoms with Crippen molar-refractivity contribution in [3.05, 3.63) is 12.7 Å². The molecule has 6 atom stereocenters. The summed E-state index contributed by atoms with van der Waals surface area (Å²) in [6.07, 6.45) is -4.98. The quantitative estimate of drug-likeness (QED) is 0.179. The lowest BCUT2D eigenvalue weighted by Crippen LogP contribution is -2.33. The fraction of sp³-hybridized carbons (Fsp3) is 0.500. The van der Waals surface area contributed by atoms with Crippen LogP contribution in [-0.4, -0.2) is 87.4 Å². The molecule has 0 radical (unpaired) electrons. The Morgan fingerprint density at radius 3 is 2.40 bits per heavy atom. The minimum atomic E-state index is -5.74. The molecule has 20 nitrogen and oxygen atoms in total. The van der Waals surface area contributed by atoms with Gasteiger partial charge in [0.2, 0.25) is 0 Å². The average molecular weight is 565 g/mol. The molecule has 1 amide bonds. The third-order valence-corrected chi connectivity index (χ3v) is 8.00. The molecule has 1 aliphatic heterocycles. The number of aromatic nitrogens is 4. The summed E-state index contributed by atoms with van der Waals surface area (Å²) < 4.78 is 56.5. The molecule has 3 rings (SSSR count). The zero-order chi connectivity index (χ0) is 26.2. The third kappa shape index (κ3) is 6.87. The summed E-state index contributed by atoms with van der Waals surface area (Å²) in [6, 6.07) is 0. The van der Waals surface area contributed by atoms with Gasteiger partial charge >= 0.3 is 29.6 Å². The van der Waals surface area contributed by atoms with Gasteiger partial charge in [0.05, 0.1) is 20.0 Å². The Morgan fingerprint density at radius 1 is 1.09 bits per heavy atom. The number of imidazole rings is 1. The Balaban J connectivity index is 1.72. The average Bonchev–Trinajstić information content (AvgIpc) is 3.26. The number of ether oxygens (including phenoxy) is 2. The second kappa shape index (κ2) is 10.2. The van der Waals surface area contributed by atoms with E-state index in [-0.39, 0.29) is 17.0 Å². The summed E-state index contributed by atoms with van der Waals surface area (Å²) in [7, 11) is -15.7. The highest BCUT2D eigenvalue weighted by Gasteiger charge is 2.47. The Hall–Kier alpha value is -1.89. The van der Waals surface area contributed by atoms with Crippen LogP contribution in [-0.2, 0) is 36.3 Å². The van der Waals surface area contributed by atoms with Crippen molar-refractivity contribution in [2.75, 3.05) is 19.0 Å². The van der Waals surface area contributed by atoms with E-state index in [2.05, 4.69) is 38.2 Å². The van der Waals surface area contributed by atoms with E-state index in [1.54, 1.807) is 0 Å². The number of nitrogens with one attached hydrogen (secondary N) is 1. The fourth-order valence-corrected chi connectivity index (χ4v) is 5.87. The number of nitrogens with zero attached hydrogens (tertiary/aromatic N) is 4. The van der Waals surface area contributed by atoms with Crippen molar-refractivity contribution in [3.63, 3.8) is 0 Å². The molecule has 2 unspecified atom stereocenters. The first kappa shape index (κ1) is 27.7. The van der Waals surface area contributed by atoms with E-state index in [9.17, 15) is 33.6 Å². The molecule has 1 saturated heterocycles. The first-order valence-corrected chi connectivity index (χ1v) is 13.5. The van der Waals surface area contributed by atoms with E-state index in [0.717, 1.165) is 24.3 Å². The molecule has 1 fully saturated rings. The Labute approximate surface area is 193 Å². The lowest BCUT2D eigenvalue weighted by molar-refractivity contribution is -0.0503. The largest absolute Gasteiger partial charge is 0.490 e. The van der Waals surface area contributed by atoms with E-state index in [1.807, 2.05) is 0 Å². The van der Waals surface area contributed by atoms with Gasteiger partial charge < -0.3 is 39.3 Å². The number of hydrogen-bond acceptors (Lipinski definition) is 14. The van der Waals surface area contributed by atoms with Crippen molar-refractivity contribution in [1.29, 1.82) is 0 Å². The summed E-state index contributed by atoms with van der Waals surface area (Å²) in [5.74, 6) is -0.0437. The smallest absolute Gasteiger partial charge is 0.453 e. The number of methoxy groups -OCH3 is 1. The highest BCUT2D eigenvalue weighted by molar-refractivity contribution is 7.66. The Morgan fingerprint density at radius 2 is 1.77 bits per heavy atom. The molecule has 0 aliphatic carbocycles. The first-order chi connectivity index (χ1) is 16.1. The fourth-order valence-electron chi connectivity index (χ4n) is 2.84. The highest BCUT2D eigenvalue weighted by Crippen LogP contribution is 2.66. The van der Waals surface area contributed by atoms with Crippen molar-refractivity contribution < 1.29 is 70.9 Å². The van der Waals surface area contributed by atoms with E-state index >= 15 is 0 Å². The van der Waals surface area contributed by atoms with Crippen LogP contribution in [0.4, 0.5) is 10.6 Å². The van der Waals surface area contributed by atoms with E-state index in [1.165, 1.54) is 0 Å². The lowest BCUT2D eigenvalue weighted by atomic mass is 10.1. The third-order valence-electron chi connectivity index (χ3n) is 4.19. The molecule has 2 aromatic rings. The summed E-state index contributed by atoms with van der Waals surface area (Å²) >= 11 is 0. The van der Waals surface area contributed by atoms with Crippen LogP contribution >= 0.6 is 23.5 Å². The van der Waals surface area contributed by atoms with Gasteiger partial charge in [0, 0.05) is 0 Å². The normalized spacial score (nSPS) is 26.3. The molecule has 0 spiro atoms. The number of phosphoric acid groups is 3. The van der Waals surface area contributed by atoms with Crippen LogP contribution < -0.4 is 5.32 Å². The standard InChI is InChI=1S/C12H18N5O15P3/c1-28-12(20)16-9-6-10(14-3-13-9)17(4-15-6)11-8(19)7(18)5(30-11)2-29-34(24,25)32-35(26,27)31-33(21,22)23/h3-5,7-8,11,18-19H,2H2,1H3,(H,24,25)(H,26,27)(H2,21,22,23)(H,13,14,16,20)/t5-,7-,8-,11-/m1/s1. The lowest BCUT2D eigenvalue weighted by Gasteiger charge is -2.19. The van der Waals surface area contributed by atoms with Crippen molar-refractivity contribution in [2.45, 2.75) is 24.5 Å². The zero-order valence-corrected chi connectivity index (χ0v) is 19.8. The maximum atomic E-state index is 11.9. The van der Waals surface area contributed by atoms with Gasteiger partial charge in [0.15, 0.2) is 23.2 Å². The van der Waals surface area contributed by atoms with Gasteiger partial charge in [-0.25, -0.2) is 33.4 Å². The molecule has 7 N–H and O–H groups in total. The van der Waals surface area contributed by atoms with Gasteiger partial charge in [-0.2, -0.15) is 8.62 Å². The number of aliphatic hydroxyl groups excluding tert-OH is 2. The van der Waals surface area contributed by atoms with E-state index in [4.69, 9.17) is 19.4 Å². The Bertz CT molecular complexity index is 1230. The van der Waals surface area contributed by atoms with Gasteiger partial charge in [0.25, 0.3) is 0 Å². The summed E-state index contributed by atoms with van der Waals surface area (Å²) in [5, 5.41) is 22.9. The van der Waals surface area contributed by atoms with Crippen LogP contribution in [0.2, 0.25) is 0 Å². The first-order valence-electron chi connectivity index (χ1n) is 8.95. The van der Waals surface area contributed by atoms with Crippen LogP contribution in [0.25, 0.3) is 11.2 Å². The Kier molecular flexibility index (Phi) is 8.10. The van der Waals surface area contributed by atoms with Gasteiger partial charge in [-0.1, -0.05) is 0 Å². The summed E-state index contributed by atoms with van der Waals surface area (Å²) in [5.41, 5.74) is 0.0936. The SMILES string of the molecule is COC(=O)Nc1ncnc2c1ncn2[C@@H]1O[C@H](COP(=O)(O)OP(=O)(O)OP(=O)(O)O)[C@@H](O)[C@H]1O. The number of carbonyl (C=O) groups is 1. The molecule has 0 aromatic carbocycles. The summed E-state index contributed by atoms with van der Waals surface area (Å²) in [6.45, 7) is -1.00. The van der Waals surface area contributed by atoms with Crippen LogP contribution in [0, 0.1) is 0 Å². The molecule has 2 aromatic heterocycles. The van der Waals surface area contributed by atoms with Gasteiger partial charge in [-0.05, 0) is 0 Å². The molecular weight excluding hydrogens is 547 g/mol. The predicted molar refractivity (Wildman–Crippen MR) is 107 cm³/mol. The molecule has 0 saturated carbocycles. The van der Waals surface area contributed by atoms with Gasteiger partial charge in [-0.15, -0.1) is 0 Å². The topological polar surface area (TPSA) is 291 Å². The molecule has 23 heteroatoms. The van der Waals surface area contributed by atoms with E-state index < -0.39 is 60.7 Å².